The Bertz CT molecular complexity index is 583. The van der Waals surface area contributed by atoms with Crippen molar-refractivity contribution in [2.24, 2.45) is 0 Å². The highest BCUT2D eigenvalue weighted by Crippen LogP contribution is 2.25. The number of rotatable bonds is 4. The molecule has 0 spiro atoms. The van der Waals surface area contributed by atoms with Crippen LogP contribution in [0.5, 0.6) is 5.75 Å². The van der Waals surface area contributed by atoms with Crippen LogP contribution >= 0.6 is 0 Å². The average Bonchev–Trinajstić information content (AvgIpc) is 2.46. The third kappa shape index (κ3) is 3.18. The van der Waals surface area contributed by atoms with Gasteiger partial charge in [-0.05, 0) is 42.7 Å². The van der Waals surface area contributed by atoms with Crippen LogP contribution in [0.1, 0.15) is 27.0 Å². The zero-order valence-corrected chi connectivity index (χ0v) is 12.1. The molecular weight excluding hydrogens is 250 g/mol. The van der Waals surface area contributed by atoms with Crippen molar-refractivity contribution in [3.05, 3.63) is 64.7 Å². The molecule has 0 heterocycles. The van der Waals surface area contributed by atoms with E-state index in [1.165, 1.54) is 0 Å². The molecule has 0 unspecified atom stereocenters. The molecule has 104 valence electrons. The predicted octanol–water partition coefficient (Wildman–Crippen LogP) is 3.24. The largest absolute Gasteiger partial charge is 0.488 e. The van der Waals surface area contributed by atoms with Crippen molar-refractivity contribution in [1.29, 1.82) is 0 Å². The number of carbonyl (C=O) groups excluding carboxylic acids is 1. The van der Waals surface area contributed by atoms with Gasteiger partial charge in [0, 0.05) is 12.6 Å². The minimum Gasteiger partial charge on any atom is -0.488 e. The molecule has 20 heavy (non-hydrogen) atoms. The molecule has 2 rings (SSSR count). The number of aryl methyl sites for hydroxylation is 2. The first-order valence-electron chi connectivity index (χ1n) is 6.62. The van der Waals surface area contributed by atoms with Gasteiger partial charge in [-0.3, -0.25) is 4.79 Å². The van der Waals surface area contributed by atoms with Crippen molar-refractivity contribution >= 4 is 5.91 Å². The van der Waals surface area contributed by atoms with Gasteiger partial charge in [0.1, 0.15) is 12.4 Å². The number of ether oxygens (including phenoxy) is 1. The van der Waals surface area contributed by atoms with Crippen molar-refractivity contribution in [1.82, 2.24) is 5.32 Å². The molecule has 0 bridgehead atoms. The minimum atomic E-state index is -0.0780. The number of benzene rings is 2. The molecule has 0 aliphatic carbocycles. The summed E-state index contributed by atoms with van der Waals surface area (Å²) in [5.74, 6) is 0.771. The van der Waals surface area contributed by atoms with E-state index >= 15 is 0 Å². The number of hydrogen-bond acceptors (Lipinski definition) is 2. The molecule has 0 aromatic heterocycles. The SMILES string of the molecule is CNC(=O)c1cc(C)c(OCc2ccccc2)c(C)c1. The molecule has 0 aliphatic heterocycles. The van der Waals surface area contributed by atoms with Crippen molar-refractivity contribution in [2.75, 3.05) is 7.05 Å². The molecule has 0 atom stereocenters. The quantitative estimate of drug-likeness (QED) is 0.925. The standard InChI is InChI=1S/C17H19NO2/c1-12-9-15(17(19)18-3)10-13(2)16(12)20-11-14-7-5-4-6-8-14/h4-10H,11H2,1-3H3,(H,18,19). The van der Waals surface area contributed by atoms with E-state index < -0.39 is 0 Å². The van der Waals surface area contributed by atoms with E-state index in [1.807, 2.05) is 56.3 Å². The average molecular weight is 269 g/mol. The van der Waals surface area contributed by atoms with Gasteiger partial charge in [0.05, 0.1) is 0 Å². The summed E-state index contributed by atoms with van der Waals surface area (Å²) in [6, 6.07) is 13.7. The lowest BCUT2D eigenvalue weighted by atomic mass is 10.1. The summed E-state index contributed by atoms with van der Waals surface area (Å²) in [5, 5.41) is 2.63. The van der Waals surface area contributed by atoms with Gasteiger partial charge in [0.15, 0.2) is 0 Å². The molecule has 0 fully saturated rings. The first-order valence-corrected chi connectivity index (χ1v) is 6.62. The summed E-state index contributed by atoms with van der Waals surface area (Å²) in [4.78, 5) is 11.7. The molecule has 1 N–H and O–H groups in total. The van der Waals surface area contributed by atoms with Crippen molar-refractivity contribution in [3.8, 4) is 5.75 Å². The van der Waals surface area contributed by atoms with E-state index in [9.17, 15) is 4.79 Å². The Kier molecular flexibility index (Phi) is 4.41. The normalized spacial score (nSPS) is 10.2. The van der Waals surface area contributed by atoms with Crippen molar-refractivity contribution < 1.29 is 9.53 Å². The number of hydrogen-bond donors (Lipinski definition) is 1. The minimum absolute atomic E-state index is 0.0780. The Morgan fingerprint density at radius 2 is 1.70 bits per heavy atom. The molecule has 2 aromatic carbocycles. The van der Waals surface area contributed by atoms with E-state index in [4.69, 9.17) is 4.74 Å². The predicted molar refractivity (Wildman–Crippen MR) is 80.1 cm³/mol. The first kappa shape index (κ1) is 14.1. The van der Waals surface area contributed by atoms with E-state index in [0.29, 0.717) is 12.2 Å². The second-order valence-electron chi connectivity index (χ2n) is 4.79. The Labute approximate surface area is 119 Å². The lowest BCUT2D eigenvalue weighted by Crippen LogP contribution is -2.18. The van der Waals surface area contributed by atoms with E-state index in [1.54, 1.807) is 7.05 Å². The zero-order valence-electron chi connectivity index (χ0n) is 12.1. The highest BCUT2D eigenvalue weighted by Gasteiger charge is 2.10. The summed E-state index contributed by atoms with van der Waals surface area (Å²) >= 11 is 0. The monoisotopic (exact) mass is 269 g/mol. The van der Waals surface area contributed by atoms with Gasteiger partial charge in [-0.25, -0.2) is 0 Å². The van der Waals surface area contributed by atoms with Gasteiger partial charge in [-0.2, -0.15) is 0 Å². The van der Waals surface area contributed by atoms with Crippen LogP contribution in [0, 0.1) is 13.8 Å². The third-order valence-corrected chi connectivity index (χ3v) is 3.18. The number of amides is 1. The molecule has 0 saturated carbocycles. The van der Waals surface area contributed by atoms with E-state index in [2.05, 4.69) is 5.32 Å². The van der Waals surface area contributed by atoms with E-state index in [-0.39, 0.29) is 5.91 Å². The van der Waals surface area contributed by atoms with Crippen LogP contribution < -0.4 is 10.1 Å². The molecule has 0 aliphatic rings. The molecule has 1 amide bonds. The Morgan fingerprint density at radius 3 is 2.25 bits per heavy atom. The van der Waals surface area contributed by atoms with Crippen molar-refractivity contribution in [2.45, 2.75) is 20.5 Å². The smallest absolute Gasteiger partial charge is 0.251 e. The van der Waals surface area contributed by atoms with E-state index in [0.717, 1.165) is 22.4 Å². The van der Waals surface area contributed by atoms with Crippen LogP contribution in [0.4, 0.5) is 0 Å². The second kappa shape index (κ2) is 6.24. The molecule has 3 nitrogen and oxygen atoms in total. The number of carbonyl (C=O) groups is 1. The van der Waals surface area contributed by atoms with Gasteiger partial charge in [0.2, 0.25) is 0 Å². The molecule has 3 heteroatoms. The summed E-state index contributed by atoms with van der Waals surface area (Å²) in [6.07, 6.45) is 0. The van der Waals surface area contributed by atoms with Gasteiger partial charge in [-0.15, -0.1) is 0 Å². The third-order valence-electron chi connectivity index (χ3n) is 3.18. The number of nitrogens with one attached hydrogen (secondary N) is 1. The highest BCUT2D eigenvalue weighted by atomic mass is 16.5. The fourth-order valence-electron chi connectivity index (χ4n) is 2.18. The fourth-order valence-corrected chi connectivity index (χ4v) is 2.18. The topological polar surface area (TPSA) is 38.3 Å². The summed E-state index contributed by atoms with van der Waals surface area (Å²) < 4.78 is 5.89. The Hall–Kier alpha value is -2.29. The van der Waals surface area contributed by atoms with Crippen LogP contribution in [-0.2, 0) is 6.61 Å². The summed E-state index contributed by atoms with van der Waals surface area (Å²) in [6.45, 7) is 4.45. The summed E-state index contributed by atoms with van der Waals surface area (Å²) in [5.41, 5.74) is 3.73. The lowest BCUT2D eigenvalue weighted by Gasteiger charge is -2.13. The highest BCUT2D eigenvalue weighted by molar-refractivity contribution is 5.94. The molecular formula is C17H19NO2. The van der Waals surface area contributed by atoms with Gasteiger partial charge < -0.3 is 10.1 Å². The Balaban J connectivity index is 2.18. The van der Waals surface area contributed by atoms with Crippen LogP contribution in [0.3, 0.4) is 0 Å². The van der Waals surface area contributed by atoms with Gasteiger partial charge >= 0.3 is 0 Å². The fraction of sp³-hybridized carbons (Fsp3) is 0.235. The van der Waals surface area contributed by atoms with Gasteiger partial charge in [-0.1, -0.05) is 30.3 Å². The molecule has 0 radical (unpaired) electrons. The van der Waals surface area contributed by atoms with Crippen molar-refractivity contribution in [3.63, 3.8) is 0 Å². The zero-order chi connectivity index (χ0) is 14.5. The lowest BCUT2D eigenvalue weighted by molar-refractivity contribution is 0.0963. The molecule has 2 aromatic rings. The molecule has 0 saturated heterocycles. The first-order chi connectivity index (χ1) is 9.61. The van der Waals surface area contributed by atoms with Gasteiger partial charge in [0.25, 0.3) is 5.91 Å². The maximum Gasteiger partial charge on any atom is 0.251 e. The Morgan fingerprint density at radius 1 is 1.10 bits per heavy atom. The van der Waals surface area contributed by atoms with Crippen LogP contribution in [0.15, 0.2) is 42.5 Å². The van der Waals surface area contributed by atoms with Crippen LogP contribution in [0.25, 0.3) is 0 Å². The maximum atomic E-state index is 11.7. The maximum absolute atomic E-state index is 11.7. The summed E-state index contributed by atoms with van der Waals surface area (Å²) in [7, 11) is 1.63. The second-order valence-corrected chi connectivity index (χ2v) is 4.79. The van der Waals surface area contributed by atoms with Crippen LogP contribution in [0.2, 0.25) is 0 Å². The van der Waals surface area contributed by atoms with Crippen LogP contribution in [-0.4, -0.2) is 13.0 Å².